The highest BCUT2D eigenvalue weighted by atomic mass is 79.9. The van der Waals surface area contributed by atoms with Gasteiger partial charge in [-0.1, -0.05) is 34.1 Å². The summed E-state index contributed by atoms with van der Waals surface area (Å²) in [6, 6.07) is 6.18. The topological polar surface area (TPSA) is 17.1 Å². The van der Waals surface area contributed by atoms with Crippen molar-refractivity contribution in [1.82, 2.24) is 0 Å². The molecule has 0 amide bonds. The average Bonchev–Trinajstić information content (AvgIpc) is 2.04. The van der Waals surface area contributed by atoms with Crippen LogP contribution < -0.4 is 0 Å². The zero-order valence-corrected chi connectivity index (χ0v) is 7.21. The molecular formula is C8H6BrFO. The van der Waals surface area contributed by atoms with Gasteiger partial charge in [0, 0.05) is 5.56 Å². The number of alkyl halides is 1. The van der Waals surface area contributed by atoms with Gasteiger partial charge in [-0.25, -0.2) is 4.39 Å². The first-order valence-corrected chi connectivity index (χ1v) is 4.01. The zero-order chi connectivity index (χ0) is 8.27. The molecule has 0 aliphatic heterocycles. The Bertz CT molecular complexity index is 262. The van der Waals surface area contributed by atoms with Crippen LogP contribution in [0.25, 0.3) is 0 Å². The van der Waals surface area contributed by atoms with Crippen LogP contribution in [-0.2, 0) is 4.79 Å². The van der Waals surface area contributed by atoms with E-state index in [1.165, 1.54) is 6.07 Å². The van der Waals surface area contributed by atoms with E-state index in [-0.39, 0.29) is 5.82 Å². The predicted octanol–water partition coefficient (Wildman–Crippen LogP) is 2.46. The second kappa shape index (κ2) is 3.62. The Labute approximate surface area is 72.4 Å². The van der Waals surface area contributed by atoms with E-state index in [1.54, 1.807) is 18.2 Å². The molecule has 3 heteroatoms. The van der Waals surface area contributed by atoms with Crippen molar-refractivity contribution >= 4 is 22.2 Å². The number of carbonyl (C=O) groups excluding carboxylic acids is 1. The molecule has 0 aromatic heterocycles. The van der Waals surface area contributed by atoms with Crippen LogP contribution in [0.2, 0.25) is 0 Å². The average molecular weight is 217 g/mol. The Morgan fingerprint density at radius 3 is 2.64 bits per heavy atom. The summed E-state index contributed by atoms with van der Waals surface area (Å²) in [5, 5.41) is 0. The number of rotatable bonds is 2. The third-order valence-electron chi connectivity index (χ3n) is 1.32. The van der Waals surface area contributed by atoms with E-state index in [4.69, 9.17) is 0 Å². The molecule has 1 aromatic rings. The van der Waals surface area contributed by atoms with E-state index in [1.807, 2.05) is 0 Å². The van der Waals surface area contributed by atoms with E-state index in [0.29, 0.717) is 11.8 Å². The summed E-state index contributed by atoms with van der Waals surface area (Å²) in [4.78, 5) is 9.71. The lowest BCUT2D eigenvalue weighted by atomic mass is 10.1. The molecule has 0 N–H and O–H groups in total. The first-order valence-electron chi connectivity index (χ1n) is 3.09. The fourth-order valence-corrected chi connectivity index (χ4v) is 1.14. The quantitative estimate of drug-likeness (QED) is 0.549. The van der Waals surface area contributed by atoms with E-state index in [9.17, 15) is 9.18 Å². The third kappa shape index (κ3) is 1.87. The van der Waals surface area contributed by atoms with Crippen molar-refractivity contribution < 1.29 is 9.18 Å². The fraction of sp³-hybridized carbons (Fsp3) is 0.125. The van der Waals surface area contributed by atoms with Gasteiger partial charge in [0.15, 0.2) is 0 Å². The minimum Gasteiger partial charge on any atom is -0.302 e. The Morgan fingerprint density at radius 1 is 1.45 bits per heavy atom. The zero-order valence-electron chi connectivity index (χ0n) is 5.63. The molecule has 1 aromatic carbocycles. The van der Waals surface area contributed by atoms with Gasteiger partial charge in [0.1, 0.15) is 12.1 Å². The van der Waals surface area contributed by atoms with E-state index >= 15 is 0 Å². The molecule has 0 saturated heterocycles. The van der Waals surface area contributed by atoms with Gasteiger partial charge in [-0.15, -0.1) is 0 Å². The highest BCUT2D eigenvalue weighted by Crippen LogP contribution is 2.22. The lowest BCUT2D eigenvalue weighted by Crippen LogP contribution is -1.93. The molecule has 0 bridgehead atoms. The molecule has 0 unspecified atom stereocenters. The summed E-state index contributed by atoms with van der Waals surface area (Å²) < 4.78 is 12.8. The molecule has 0 radical (unpaired) electrons. The normalized spacial score (nSPS) is 12.5. The van der Waals surface area contributed by atoms with Crippen molar-refractivity contribution in [1.29, 1.82) is 0 Å². The maximum atomic E-state index is 12.8. The van der Waals surface area contributed by atoms with Crippen LogP contribution in [0.3, 0.4) is 0 Å². The second-order valence-electron chi connectivity index (χ2n) is 2.06. The van der Waals surface area contributed by atoms with Crippen molar-refractivity contribution in [2.75, 3.05) is 0 Å². The summed E-state index contributed by atoms with van der Waals surface area (Å²) in [6.45, 7) is 0. The number of halogens is 2. The van der Waals surface area contributed by atoms with Gasteiger partial charge in [-0.3, -0.25) is 0 Å². The number of benzene rings is 1. The minimum atomic E-state index is -0.538. The minimum absolute atomic E-state index is 0.360. The van der Waals surface area contributed by atoms with Gasteiger partial charge in [0.25, 0.3) is 0 Å². The summed E-state index contributed by atoms with van der Waals surface area (Å²) >= 11 is 3.03. The van der Waals surface area contributed by atoms with Crippen molar-refractivity contribution in [3.05, 3.63) is 35.6 Å². The van der Waals surface area contributed by atoms with Crippen LogP contribution in [0.1, 0.15) is 10.4 Å². The largest absolute Gasteiger partial charge is 0.302 e. The van der Waals surface area contributed by atoms with Crippen molar-refractivity contribution in [2.24, 2.45) is 0 Å². The summed E-state index contributed by atoms with van der Waals surface area (Å²) in [7, 11) is 0. The van der Waals surface area contributed by atoms with Gasteiger partial charge < -0.3 is 4.79 Å². The first-order chi connectivity index (χ1) is 5.25. The number of carbonyl (C=O) groups is 1. The standard InChI is InChI=1S/C8H6BrFO/c9-7(5-11)6-3-1-2-4-8(6)10/h1-5,7H/t7-/m1/s1. The molecule has 0 aliphatic rings. The molecule has 1 atom stereocenters. The monoisotopic (exact) mass is 216 g/mol. The fourth-order valence-electron chi connectivity index (χ4n) is 0.772. The molecule has 0 spiro atoms. The van der Waals surface area contributed by atoms with Crippen LogP contribution in [0.5, 0.6) is 0 Å². The lowest BCUT2D eigenvalue weighted by Gasteiger charge is -2.01. The number of hydrogen-bond acceptors (Lipinski definition) is 1. The van der Waals surface area contributed by atoms with Gasteiger partial charge in [-0.2, -0.15) is 0 Å². The van der Waals surface area contributed by atoms with Gasteiger partial charge in [0.2, 0.25) is 0 Å². The van der Waals surface area contributed by atoms with E-state index in [2.05, 4.69) is 15.9 Å². The SMILES string of the molecule is O=C[C@@H](Br)c1ccccc1F. The highest BCUT2D eigenvalue weighted by Gasteiger charge is 2.09. The van der Waals surface area contributed by atoms with Crippen LogP contribution in [0, 0.1) is 5.82 Å². The highest BCUT2D eigenvalue weighted by molar-refractivity contribution is 9.09. The molecule has 0 fully saturated rings. The number of hydrogen-bond donors (Lipinski definition) is 0. The van der Waals surface area contributed by atoms with Crippen LogP contribution in [0.15, 0.2) is 24.3 Å². The second-order valence-corrected chi connectivity index (χ2v) is 3.05. The lowest BCUT2D eigenvalue weighted by molar-refractivity contribution is -0.107. The molecule has 1 nitrogen and oxygen atoms in total. The Kier molecular flexibility index (Phi) is 2.76. The Hall–Kier alpha value is -0.700. The molecule has 0 saturated carbocycles. The Balaban J connectivity index is 3.02. The summed E-state index contributed by atoms with van der Waals surface area (Å²) in [6.07, 6.45) is 0.651. The molecule has 0 aliphatic carbocycles. The number of aldehydes is 1. The first kappa shape index (κ1) is 8.40. The summed E-state index contributed by atoms with van der Waals surface area (Å²) in [5.74, 6) is -0.360. The Morgan fingerprint density at radius 2 is 2.09 bits per heavy atom. The molecule has 11 heavy (non-hydrogen) atoms. The van der Waals surface area contributed by atoms with Crippen LogP contribution >= 0.6 is 15.9 Å². The molecule has 58 valence electrons. The van der Waals surface area contributed by atoms with Crippen LogP contribution in [-0.4, -0.2) is 6.29 Å². The van der Waals surface area contributed by atoms with Crippen molar-refractivity contribution in [2.45, 2.75) is 4.83 Å². The molecular weight excluding hydrogens is 211 g/mol. The van der Waals surface area contributed by atoms with Crippen LogP contribution in [0.4, 0.5) is 4.39 Å². The van der Waals surface area contributed by atoms with Crippen molar-refractivity contribution in [3.8, 4) is 0 Å². The van der Waals surface area contributed by atoms with Gasteiger partial charge in [-0.05, 0) is 6.07 Å². The summed E-state index contributed by atoms with van der Waals surface area (Å²) in [5.41, 5.74) is 0.377. The van der Waals surface area contributed by atoms with Crippen molar-refractivity contribution in [3.63, 3.8) is 0 Å². The molecule has 1 rings (SSSR count). The molecule has 0 heterocycles. The van der Waals surface area contributed by atoms with E-state index < -0.39 is 4.83 Å². The van der Waals surface area contributed by atoms with Gasteiger partial charge in [0.05, 0.1) is 4.83 Å². The smallest absolute Gasteiger partial charge is 0.138 e. The van der Waals surface area contributed by atoms with Gasteiger partial charge >= 0.3 is 0 Å². The maximum Gasteiger partial charge on any atom is 0.138 e. The van der Waals surface area contributed by atoms with E-state index in [0.717, 1.165) is 0 Å². The third-order valence-corrected chi connectivity index (χ3v) is 2.03. The maximum absolute atomic E-state index is 12.8. The predicted molar refractivity (Wildman–Crippen MR) is 44.1 cm³/mol.